The number of rotatable bonds is 3. The minimum Gasteiger partial charge on any atom is -0.306 e. The van der Waals surface area contributed by atoms with E-state index in [0.29, 0.717) is 23.5 Å². The summed E-state index contributed by atoms with van der Waals surface area (Å²) in [5, 5.41) is 7.37. The van der Waals surface area contributed by atoms with E-state index in [1.54, 1.807) is 6.07 Å². The zero-order chi connectivity index (χ0) is 22.3. The van der Waals surface area contributed by atoms with E-state index in [1.165, 1.54) is 16.8 Å². The van der Waals surface area contributed by atoms with E-state index >= 15 is 0 Å². The third-order valence-corrected chi connectivity index (χ3v) is 5.59. The summed E-state index contributed by atoms with van der Waals surface area (Å²) in [5.41, 5.74) is 1.80. The van der Waals surface area contributed by atoms with E-state index < -0.39 is 11.7 Å². The van der Waals surface area contributed by atoms with Crippen LogP contribution < -0.4 is 10.9 Å². The third-order valence-electron chi connectivity index (χ3n) is 5.27. The Kier molecular flexibility index (Phi) is 5.43. The summed E-state index contributed by atoms with van der Waals surface area (Å²) in [6.45, 7) is 5.97. The van der Waals surface area contributed by atoms with Gasteiger partial charge in [0, 0.05) is 17.0 Å². The van der Waals surface area contributed by atoms with Crippen molar-refractivity contribution in [1.29, 1.82) is 0 Å². The van der Waals surface area contributed by atoms with Gasteiger partial charge in [-0.3, -0.25) is 14.6 Å². The molecular weight excluding hydrogens is 421 g/mol. The molecule has 9 heteroatoms. The smallest absolute Gasteiger partial charge is 0.258 e. The Hall–Kier alpha value is -3.00. The molecule has 0 radical (unpaired) electrons. The molecule has 162 valence electrons. The minimum atomic E-state index is -0.530. The lowest BCUT2D eigenvalue weighted by Gasteiger charge is -2.16. The summed E-state index contributed by atoms with van der Waals surface area (Å²) in [4.78, 5) is 32.9. The molecular formula is C22H23ClFN5O2. The third kappa shape index (κ3) is 4.25. The maximum absolute atomic E-state index is 13.4. The van der Waals surface area contributed by atoms with Crippen molar-refractivity contribution < 1.29 is 9.18 Å². The summed E-state index contributed by atoms with van der Waals surface area (Å²) in [7, 11) is 0. The van der Waals surface area contributed by atoms with Crippen LogP contribution in [0.5, 0.6) is 0 Å². The number of hydrogen-bond acceptors (Lipinski definition) is 4. The van der Waals surface area contributed by atoms with Crippen LogP contribution in [0.15, 0.2) is 29.1 Å². The van der Waals surface area contributed by atoms with Gasteiger partial charge >= 0.3 is 0 Å². The molecule has 2 heterocycles. The molecule has 2 N–H and O–H groups in total. The van der Waals surface area contributed by atoms with E-state index in [-0.39, 0.29) is 27.5 Å². The number of aryl methyl sites for hydroxylation is 1. The van der Waals surface area contributed by atoms with Gasteiger partial charge in [0.05, 0.1) is 22.0 Å². The molecule has 31 heavy (non-hydrogen) atoms. The van der Waals surface area contributed by atoms with Gasteiger partial charge in [-0.25, -0.2) is 9.37 Å². The second kappa shape index (κ2) is 7.92. The molecule has 0 fully saturated rings. The maximum atomic E-state index is 13.4. The van der Waals surface area contributed by atoms with Crippen molar-refractivity contribution >= 4 is 23.3 Å². The molecule has 3 aromatic rings. The molecule has 1 aromatic carbocycles. The van der Waals surface area contributed by atoms with Gasteiger partial charge in [-0.1, -0.05) is 32.4 Å². The molecule has 0 bridgehead atoms. The Morgan fingerprint density at radius 2 is 1.97 bits per heavy atom. The van der Waals surface area contributed by atoms with Crippen LogP contribution in [0.2, 0.25) is 5.02 Å². The highest BCUT2D eigenvalue weighted by Gasteiger charge is 2.24. The molecule has 0 saturated carbocycles. The number of fused-ring (bicyclic) bond motifs is 1. The first-order valence-electron chi connectivity index (χ1n) is 10.1. The highest BCUT2D eigenvalue weighted by Crippen LogP contribution is 2.27. The molecule has 0 atom stereocenters. The first-order chi connectivity index (χ1) is 14.6. The molecule has 1 amide bonds. The van der Waals surface area contributed by atoms with Gasteiger partial charge in [-0.05, 0) is 43.9 Å². The van der Waals surface area contributed by atoms with E-state index in [9.17, 15) is 14.0 Å². The summed E-state index contributed by atoms with van der Waals surface area (Å²) in [5.74, 6) is -0.486. The first kappa shape index (κ1) is 21.2. The number of H-pyrrole nitrogens is 1. The van der Waals surface area contributed by atoms with Crippen molar-refractivity contribution in [3.63, 3.8) is 0 Å². The molecule has 1 aliphatic carbocycles. The van der Waals surface area contributed by atoms with Crippen molar-refractivity contribution in [2.24, 2.45) is 0 Å². The van der Waals surface area contributed by atoms with Gasteiger partial charge in [0.1, 0.15) is 11.6 Å². The fourth-order valence-corrected chi connectivity index (χ4v) is 3.80. The van der Waals surface area contributed by atoms with Crippen LogP contribution in [0.3, 0.4) is 0 Å². The number of nitrogens with one attached hydrogen (secondary N) is 2. The lowest BCUT2D eigenvalue weighted by molar-refractivity contribution is 0.102. The van der Waals surface area contributed by atoms with E-state index in [1.807, 2.05) is 20.8 Å². The summed E-state index contributed by atoms with van der Waals surface area (Å²) >= 11 is 6.04. The van der Waals surface area contributed by atoms with Crippen molar-refractivity contribution in [3.05, 3.63) is 68.0 Å². The van der Waals surface area contributed by atoms with Crippen molar-refractivity contribution in [2.75, 3.05) is 5.32 Å². The summed E-state index contributed by atoms with van der Waals surface area (Å²) in [6, 6.07) is 5.30. The lowest BCUT2D eigenvalue weighted by Crippen LogP contribution is -2.25. The molecule has 1 aliphatic rings. The number of hydrogen-bond donors (Lipinski definition) is 2. The van der Waals surface area contributed by atoms with Gasteiger partial charge < -0.3 is 5.32 Å². The van der Waals surface area contributed by atoms with Crippen molar-refractivity contribution in [3.8, 4) is 5.95 Å². The molecule has 0 unspecified atom stereocenters. The number of benzene rings is 1. The molecule has 0 aliphatic heterocycles. The highest BCUT2D eigenvalue weighted by atomic mass is 35.5. The van der Waals surface area contributed by atoms with Crippen LogP contribution in [0, 0.1) is 5.82 Å². The quantitative estimate of drug-likeness (QED) is 0.635. The minimum absolute atomic E-state index is 0.0000714. The van der Waals surface area contributed by atoms with Gasteiger partial charge in [0.15, 0.2) is 0 Å². The van der Waals surface area contributed by atoms with Gasteiger partial charge in [-0.15, -0.1) is 0 Å². The average molecular weight is 444 g/mol. The Balaban J connectivity index is 1.78. The Morgan fingerprint density at radius 3 is 2.68 bits per heavy atom. The van der Waals surface area contributed by atoms with Gasteiger partial charge in [0.2, 0.25) is 5.95 Å². The Labute approximate surface area is 183 Å². The average Bonchev–Trinajstić information content (AvgIpc) is 3.12. The second-order valence-electron chi connectivity index (χ2n) is 8.68. The van der Waals surface area contributed by atoms with Crippen LogP contribution >= 0.6 is 11.6 Å². The monoisotopic (exact) mass is 443 g/mol. The number of aromatic nitrogens is 4. The predicted octanol–water partition coefficient (Wildman–Crippen LogP) is 4.18. The Bertz CT molecular complexity index is 1230. The topological polar surface area (TPSA) is 92.7 Å². The van der Waals surface area contributed by atoms with E-state index in [2.05, 4.69) is 20.4 Å². The summed E-state index contributed by atoms with van der Waals surface area (Å²) in [6.07, 6.45) is 3.37. The lowest BCUT2D eigenvalue weighted by atomic mass is 9.92. The molecule has 0 saturated heterocycles. The molecule has 4 rings (SSSR count). The largest absolute Gasteiger partial charge is 0.306 e. The molecule has 0 spiro atoms. The first-order valence-corrected chi connectivity index (χ1v) is 10.5. The van der Waals surface area contributed by atoms with Crippen LogP contribution in [0.4, 0.5) is 10.2 Å². The van der Waals surface area contributed by atoms with Crippen LogP contribution in [-0.4, -0.2) is 25.7 Å². The van der Waals surface area contributed by atoms with Gasteiger partial charge in [0.25, 0.3) is 11.5 Å². The van der Waals surface area contributed by atoms with Gasteiger partial charge in [-0.2, -0.15) is 9.78 Å². The number of anilines is 1. The van der Waals surface area contributed by atoms with E-state index in [4.69, 9.17) is 11.6 Å². The molecule has 2 aromatic heterocycles. The molecule has 7 nitrogen and oxygen atoms in total. The summed E-state index contributed by atoms with van der Waals surface area (Å²) < 4.78 is 14.8. The number of nitrogens with zero attached hydrogens (tertiary/aromatic N) is 3. The second-order valence-corrected chi connectivity index (χ2v) is 9.08. The fraction of sp³-hybridized carbons (Fsp3) is 0.364. The van der Waals surface area contributed by atoms with E-state index in [0.717, 1.165) is 31.0 Å². The Morgan fingerprint density at radius 1 is 1.23 bits per heavy atom. The van der Waals surface area contributed by atoms with Crippen LogP contribution in [-0.2, 0) is 18.3 Å². The number of carbonyl (C=O) groups is 1. The van der Waals surface area contributed by atoms with Crippen molar-refractivity contribution in [1.82, 2.24) is 19.7 Å². The standard InChI is InChI=1S/C22H23ClFN5O2/c1-22(2,3)17-11-18(26-19(30)13-9-8-12(24)10-15(13)23)29(28-17)21-25-16-7-5-4-6-14(16)20(31)27-21/h8-11H,4-7H2,1-3H3,(H,26,30)(H,25,27,31). The normalized spacial score (nSPS) is 13.7. The predicted molar refractivity (Wildman–Crippen MR) is 117 cm³/mol. The SMILES string of the molecule is CC(C)(C)c1cc(NC(=O)c2ccc(F)cc2Cl)n(-c2nc3c(c(=O)[nH]2)CCCC3)n1. The van der Waals surface area contributed by atoms with Crippen LogP contribution in [0.1, 0.15) is 60.9 Å². The zero-order valence-corrected chi connectivity index (χ0v) is 18.3. The number of halogens is 2. The number of carbonyl (C=O) groups excluding carboxylic acids is 1. The van der Waals surface area contributed by atoms with Crippen LogP contribution in [0.25, 0.3) is 5.95 Å². The maximum Gasteiger partial charge on any atom is 0.258 e. The zero-order valence-electron chi connectivity index (χ0n) is 17.6. The van der Waals surface area contributed by atoms with Crippen molar-refractivity contribution in [2.45, 2.75) is 51.9 Å². The number of aromatic amines is 1. The fourth-order valence-electron chi connectivity index (χ4n) is 3.55. The highest BCUT2D eigenvalue weighted by molar-refractivity contribution is 6.34. The number of amides is 1.